The van der Waals surface area contributed by atoms with E-state index in [4.69, 9.17) is 9.47 Å². The van der Waals surface area contributed by atoms with Crippen molar-refractivity contribution in [3.05, 3.63) is 119 Å². The van der Waals surface area contributed by atoms with Gasteiger partial charge in [-0.05, 0) is 72.0 Å². The maximum Gasteiger partial charge on any atom is 0.417 e. The van der Waals surface area contributed by atoms with Crippen molar-refractivity contribution in [2.24, 2.45) is 0 Å². The summed E-state index contributed by atoms with van der Waals surface area (Å²) in [6, 6.07) is 21.8. The molecule has 0 heterocycles. The molecule has 260 valence electrons. The topological polar surface area (TPSA) is 128 Å². The number of carbonyl (C=O) groups excluding carboxylic acids is 5. The zero-order valence-electron chi connectivity index (χ0n) is 27.3. The number of esters is 3. The standard InChI is InChI=1S/C37H33F3N2O8/c1-42(2)35(46)28-21-23(9-7-14-31(43)50-26-18-16-25(17-19-26)36(47)49-22-32(44)48-3)15-20-30(28)41-34(45)33-27(24-10-5-4-6-11-24)12-8-13-29(33)37(38,39)40/h4-6,8,10-13,15-21H,7,9,14,22H2,1-3H3,(H,41,45). The maximum absolute atomic E-state index is 14.1. The average molecular weight is 691 g/mol. The Morgan fingerprint density at radius 3 is 2.16 bits per heavy atom. The van der Waals surface area contributed by atoms with Gasteiger partial charge in [-0.15, -0.1) is 0 Å². The molecule has 2 amide bonds. The smallest absolute Gasteiger partial charge is 0.417 e. The summed E-state index contributed by atoms with van der Waals surface area (Å²) in [7, 11) is 4.16. The first kappa shape index (κ1) is 36.8. The molecule has 4 rings (SSSR count). The minimum absolute atomic E-state index is 0.00510. The fourth-order valence-corrected chi connectivity index (χ4v) is 4.90. The van der Waals surface area contributed by atoms with Crippen LogP contribution in [-0.4, -0.2) is 62.4 Å². The Bertz CT molecular complexity index is 1870. The van der Waals surface area contributed by atoms with Crippen LogP contribution in [-0.2, 0) is 31.7 Å². The van der Waals surface area contributed by atoms with E-state index >= 15 is 0 Å². The second kappa shape index (κ2) is 16.4. The number of rotatable bonds is 12. The van der Waals surface area contributed by atoms with Gasteiger partial charge in [0.2, 0.25) is 0 Å². The number of benzene rings is 4. The van der Waals surface area contributed by atoms with Gasteiger partial charge < -0.3 is 24.4 Å². The lowest BCUT2D eigenvalue weighted by Gasteiger charge is -2.19. The minimum atomic E-state index is -4.82. The summed E-state index contributed by atoms with van der Waals surface area (Å²) in [5.74, 6) is -3.37. The van der Waals surface area contributed by atoms with E-state index in [1.807, 2.05) is 0 Å². The number of anilines is 1. The van der Waals surface area contributed by atoms with E-state index in [2.05, 4.69) is 10.1 Å². The van der Waals surface area contributed by atoms with Gasteiger partial charge in [-0.2, -0.15) is 13.2 Å². The molecule has 0 aromatic heterocycles. The summed E-state index contributed by atoms with van der Waals surface area (Å²) in [4.78, 5) is 63.7. The van der Waals surface area contributed by atoms with Crippen LogP contribution in [0.4, 0.5) is 18.9 Å². The number of methoxy groups -OCH3 is 1. The Morgan fingerprint density at radius 1 is 0.820 bits per heavy atom. The van der Waals surface area contributed by atoms with E-state index in [9.17, 15) is 37.1 Å². The van der Waals surface area contributed by atoms with Crippen LogP contribution in [0.25, 0.3) is 11.1 Å². The van der Waals surface area contributed by atoms with Crippen molar-refractivity contribution in [2.75, 3.05) is 33.1 Å². The predicted octanol–water partition coefficient (Wildman–Crippen LogP) is 6.58. The maximum atomic E-state index is 14.1. The molecular weight excluding hydrogens is 657 g/mol. The van der Waals surface area contributed by atoms with Gasteiger partial charge in [0.1, 0.15) is 5.75 Å². The lowest BCUT2D eigenvalue weighted by molar-refractivity contribution is -0.144. The minimum Gasteiger partial charge on any atom is -0.466 e. The third-order valence-electron chi connectivity index (χ3n) is 7.37. The van der Waals surface area contributed by atoms with Gasteiger partial charge in [0.25, 0.3) is 11.8 Å². The number of alkyl halides is 3. The van der Waals surface area contributed by atoms with Crippen molar-refractivity contribution in [1.82, 2.24) is 4.90 Å². The number of nitrogens with one attached hydrogen (secondary N) is 1. The summed E-state index contributed by atoms with van der Waals surface area (Å²) in [6.07, 6.45) is -4.18. The Kier molecular flexibility index (Phi) is 12.1. The number of aryl methyl sites for hydroxylation is 1. The van der Waals surface area contributed by atoms with E-state index < -0.39 is 53.6 Å². The zero-order valence-corrected chi connectivity index (χ0v) is 27.3. The fourth-order valence-electron chi connectivity index (χ4n) is 4.90. The fraction of sp³-hybridized carbons (Fsp3) is 0.216. The van der Waals surface area contributed by atoms with Crippen LogP contribution in [0.1, 0.15) is 55.0 Å². The highest BCUT2D eigenvalue weighted by atomic mass is 19.4. The van der Waals surface area contributed by atoms with Crippen LogP contribution >= 0.6 is 0 Å². The SMILES string of the molecule is COC(=O)COC(=O)c1ccc(OC(=O)CCCc2ccc(NC(=O)c3c(-c4ccccc4)cccc3C(F)(F)F)c(C(=O)N(C)C)c2)cc1. The number of ether oxygens (including phenoxy) is 3. The number of amides is 2. The lowest BCUT2D eigenvalue weighted by atomic mass is 9.94. The van der Waals surface area contributed by atoms with Gasteiger partial charge in [-0.25, -0.2) is 9.59 Å². The predicted molar refractivity (Wildman–Crippen MR) is 177 cm³/mol. The van der Waals surface area contributed by atoms with Gasteiger partial charge in [0.05, 0.1) is 35.1 Å². The Labute approximate surface area is 285 Å². The number of halogens is 3. The third kappa shape index (κ3) is 9.56. The summed E-state index contributed by atoms with van der Waals surface area (Å²) in [5.41, 5.74) is -0.356. The first-order valence-electron chi connectivity index (χ1n) is 15.2. The van der Waals surface area contributed by atoms with Gasteiger partial charge in [0.15, 0.2) is 6.61 Å². The second-order valence-electron chi connectivity index (χ2n) is 11.1. The Hall–Kier alpha value is -5.98. The highest BCUT2D eigenvalue weighted by molar-refractivity contribution is 6.12. The number of nitrogens with zero attached hydrogens (tertiary/aromatic N) is 1. The monoisotopic (exact) mass is 690 g/mol. The van der Waals surface area contributed by atoms with Crippen molar-refractivity contribution in [2.45, 2.75) is 25.4 Å². The zero-order chi connectivity index (χ0) is 36.4. The lowest BCUT2D eigenvalue weighted by Crippen LogP contribution is -2.25. The van der Waals surface area contributed by atoms with Gasteiger partial charge in [-0.1, -0.05) is 48.5 Å². The molecule has 0 bridgehead atoms. The molecule has 0 atom stereocenters. The molecule has 4 aromatic carbocycles. The van der Waals surface area contributed by atoms with E-state index in [1.165, 1.54) is 67.5 Å². The van der Waals surface area contributed by atoms with E-state index in [1.54, 1.807) is 36.4 Å². The number of carbonyl (C=O) groups is 5. The van der Waals surface area contributed by atoms with E-state index in [0.717, 1.165) is 13.2 Å². The number of hydrogen-bond donors (Lipinski definition) is 1. The highest BCUT2D eigenvalue weighted by Crippen LogP contribution is 2.37. The van der Waals surface area contributed by atoms with Crippen LogP contribution < -0.4 is 10.1 Å². The summed E-state index contributed by atoms with van der Waals surface area (Å²) >= 11 is 0. The first-order chi connectivity index (χ1) is 23.8. The summed E-state index contributed by atoms with van der Waals surface area (Å²) in [5, 5.41) is 2.53. The van der Waals surface area contributed by atoms with Crippen molar-refractivity contribution in [1.29, 1.82) is 0 Å². The van der Waals surface area contributed by atoms with Crippen LogP contribution in [0.15, 0.2) is 91.0 Å². The molecular formula is C37H33F3N2O8. The molecule has 1 N–H and O–H groups in total. The quantitative estimate of drug-likeness (QED) is 0.130. The molecule has 0 aliphatic rings. The Balaban J connectivity index is 1.46. The van der Waals surface area contributed by atoms with E-state index in [0.29, 0.717) is 24.0 Å². The van der Waals surface area contributed by atoms with Gasteiger partial charge >= 0.3 is 24.1 Å². The molecule has 50 heavy (non-hydrogen) atoms. The van der Waals surface area contributed by atoms with Gasteiger partial charge in [-0.3, -0.25) is 14.4 Å². The Morgan fingerprint density at radius 2 is 1.52 bits per heavy atom. The summed E-state index contributed by atoms with van der Waals surface area (Å²) in [6.45, 7) is -0.541. The molecule has 0 fully saturated rings. The van der Waals surface area contributed by atoms with E-state index in [-0.39, 0.29) is 34.5 Å². The molecule has 0 unspecified atom stereocenters. The van der Waals surface area contributed by atoms with Crippen molar-refractivity contribution in [3.63, 3.8) is 0 Å². The molecule has 13 heteroatoms. The molecule has 0 saturated carbocycles. The molecule has 0 aliphatic heterocycles. The summed E-state index contributed by atoms with van der Waals surface area (Å²) < 4.78 is 56.9. The van der Waals surface area contributed by atoms with Crippen LogP contribution in [0.5, 0.6) is 5.75 Å². The van der Waals surface area contributed by atoms with Crippen molar-refractivity contribution >= 4 is 35.4 Å². The molecule has 0 radical (unpaired) electrons. The van der Waals surface area contributed by atoms with Gasteiger partial charge in [0, 0.05) is 20.5 Å². The molecule has 0 spiro atoms. The first-order valence-corrected chi connectivity index (χ1v) is 15.2. The average Bonchev–Trinajstić information content (AvgIpc) is 3.10. The third-order valence-corrected chi connectivity index (χ3v) is 7.37. The van der Waals surface area contributed by atoms with Crippen LogP contribution in [0, 0.1) is 0 Å². The normalized spacial score (nSPS) is 10.9. The largest absolute Gasteiger partial charge is 0.466 e. The second-order valence-corrected chi connectivity index (χ2v) is 11.1. The number of hydrogen-bond acceptors (Lipinski definition) is 8. The van der Waals surface area contributed by atoms with Crippen LogP contribution in [0.3, 0.4) is 0 Å². The molecule has 10 nitrogen and oxygen atoms in total. The highest BCUT2D eigenvalue weighted by Gasteiger charge is 2.37. The molecule has 0 aliphatic carbocycles. The van der Waals surface area contributed by atoms with Crippen LogP contribution in [0.2, 0.25) is 0 Å². The van der Waals surface area contributed by atoms with Crippen molar-refractivity contribution < 1.29 is 51.4 Å². The molecule has 4 aromatic rings. The molecule has 0 saturated heterocycles. The van der Waals surface area contributed by atoms with Crippen molar-refractivity contribution in [3.8, 4) is 16.9 Å².